The van der Waals surface area contributed by atoms with Crippen LogP contribution in [-0.4, -0.2) is 18.8 Å². The minimum Gasteiger partial charge on any atom is -0.374 e. The molecule has 2 rings (SSSR count). The molecule has 0 N–H and O–H groups in total. The second-order valence-corrected chi connectivity index (χ2v) is 3.77. The highest BCUT2D eigenvalue weighted by atomic mass is 16.5. The standard InChI is InChI=1S/C13H16O2/c1-11-7-8-13(15-11)10-14-9-12-5-3-2-4-6-12/h2-8,11,13H,9-10H2,1H3/t11-,13+/m0/s1. The Kier molecular flexibility index (Phi) is 3.54. The summed E-state index contributed by atoms with van der Waals surface area (Å²) in [5.74, 6) is 0. The van der Waals surface area contributed by atoms with Crippen LogP contribution in [-0.2, 0) is 16.1 Å². The molecule has 0 aromatic heterocycles. The van der Waals surface area contributed by atoms with E-state index in [0.29, 0.717) is 13.2 Å². The Morgan fingerprint density at radius 2 is 2.00 bits per heavy atom. The van der Waals surface area contributed by atoms with Gasteiger partial charge < -0.3 is 9.47 Å². The van der Waals surface area contributed by atoms with E-state index in [0.717, 1.165) is 0 Å². The van der Waals surface area contributed by atoms with Gasteiger partial charge in [-0.05, 0) is 12.5 Å². The maximum absolute atomic E-state index is 5.58. The molecule has 0 saturated heterocycles. The van der Waals surface area contributed by atoms with Gasteiger partial charge in [-0.3, -0.25) is 0 Å². The zero-order valence-corrected chi connectivity index (χ0v) is 8.93. The second kappa shape index (κ2) is 5.10. The third-order valence-corrected chi connectivity index (χ3v) is 2.38. The van der Waals surface area contributed by atoms with Gasteiger partial charge in [-0.25, -0.2) is 0 Å². The first-order valence-corrected chi connectivity index (χ1v) is 5.30. The van der Waals surface area contributed by atoms with Gasteiger partial charge in [0.2, 0.25) is 0 Å². The van der Waals surface area contributed by atoms with Gasteiger partial charge in [-0.2, -0.15) is 0 Å². The summed E-state index contributed by atoms with van der Waals surface area (Å²) in [6.45, 7) is 3.33. The molecule has 80 valence electrons. The van der Waals surface area contributed by atoms with Gasteiger partial charge in [0.1, 0.15) is 0 Å². The maximum Gasteiger partial charge on any atom is 0.0998 e. The van der Waals surface area contributed by atoms with Crippen molar-refractivity contribution in [2.75, 3.05) is 6.61 Å². The van der Waals surface area contributed by atoms with Gasteiger partial charge in [-0.15, -0.1) is 0 Å². The molecule has 0 unspecified atom stereocenters. The zero-order chi connectivity index (χ0) is 10.5. The van der Waals surface area contributed by atoms with E-state index in [1.807, 2.05) is 25.1 Å². The van der Waals surface area contributed by atoms with Crippen molar-refractivity contribution in [1.29, 1.82) is 0 Å². The first-order chi connectivity index (χ1) is 7.34. The molecule has 1 heterocycles. The summed E-state index contributed by atoms with van der Waals surface area (Å²) >= 11 is 0. The Balaban J connectivity index is 1.70. The van der Waals surface area contributed by atoms with E-state index in [1.165, 1.54) is 5.56 Å². The number of hydrogen-bond donors (Lipinski definition) is 0. The first-order valence-electron chi connectivity index (χ1n) is 5.30. The maximum atomic E-state index is 5.58. The molecule has 1 aliphatic heterocycles. The van der Waals surface area contributed by atoms with Crippen LogP contribution in [0.3, 0.4) is 0 Å². The molecule has 0 aliphatic carbocycles. The fourth-order valence-electron chi connectivity index (χ4n) is 1.61. The average Bonchev–Trinajstić information content (AvgIpc) is 2.66. The Labute approximate surface area is 90.5 Å². The minimum absolute atomic E-state index is 0.128. The van der Waals surface area contributed by atoms with Crippen LogP contribution < -0.4 is 0 Å². The van der Waals surface area contributed by atoms with Gasteiger partial charge >= 0.3 is 0 Å². The number of ether oxygens (including phenoxy) is 2. The highest BCUT2D eigenvalue weighted by Crippen LogP contribution is 2.11. The highest BCUT2D eigenvalue weighted by Gasteiger charge is 2.14. The molecule has 2 heteroatoms. The third kappa shape index (κ3) is 3.18. The Morgan fingerprint density at radius 3 is 2.67 bits per heavy atom. The summed E-state index contributed by atoms with van der Waals surface area (Å²) < 4.78 is 11.1. The molecule has 1 aliphatic rings. The Bertz CT molecular complexity index is 319. The van der Waals surface area contributed by atoms with Crippen molar-refractivity contribution in [1.82, 2.24) is 0 Å². The Morgan fingerprint density at radius 1 is 1.20 bits per heavy atom. The van der Waals surface area contributed by atoms with Crippen molar-refractivity contribution >= 4 is 0 Å². The van der Waals surface area contributed by atoms with E-state index in [9.17, 15) is 0 Å². The van der Waals surface area contributed by atoms with E-state index < -0.39 is 0 Å². The molecule has 0 radical (unpaired) electrons. The molecule has 0 saturated carbocycles. The fourth-order valence-corrected chi connectivity index (χ4v) is 1.61. The molecule has 0 bridgehead atoms. The van der Waals surface area contributed by atoms with Crippen LogP contribution in [0.15, 0.2) is 42.5 Å². The van der Waals surface area contributed by atoms with Crippen LogP contribution >= 0.6 is 0 Å². The van der Waals surface area contributed by atoms with Gasteiger partial charge in [0.15, 0.2) is 0 Å². The minimum atomic E-state index is 0.128. The summed E-state index contributed by atoms with van der Waals surface area (Å²) in [5.41, 5.74) is 1.20. The number of benzene rings is 1. The number of rotatable bonds is 4. The van der Waals surface area contributed by atoms with Crippen LogP contribution in [0.4, 0.5) is 0 Å². The van der Waals surface area contributed by atoms with Crippen molar-refractivity contribution in [3.05, 3.63) is 48.0 Å². The van der Waals surface area contributed by atoms with E-state index in [2.05, 4.69) is 24.3 Å². The summed E-state index contributed by atoms with van der Waals surface area (Å²) in [6, 6.07) is 10.2. The molecular formula is C13H16O2. The van der Waals surface area contributed by atoms with Gasteiger partial charge in [0.25, 0.3) is 0 Å². The van der Waals surface area contributed by atoms with Crippen LogP contribution in [0.2, 0.25) is 0 Å². The average molecular weight is 204 g/mol. The molecular weight excluding hydrogens is 188 g/mol. The predicted molar refractivity (Wildman–Crippen MR) is 59.6 cm³/mol. The van der Waals surface area contributed by atoms with Gasteiger partial charge in [-0.1, -0.05) is 42.5 Å². The van der Waals surface area contributed by atoms with Crippen molar-refractivity contribution in [3.8, 4) is 0 Å². The van der Waals surface area contributed by atoms with Crippen LogP contribution in [0.1, 0.15) is 12.5 Å². The van der Waals surface area contributed by atoms with E-state index >= 15 is 0 Å². The molecule has 2 atom stereocenters. The van der Waals surface area contributed by atoms with Crippen molar-refractivity contribution in [2.24, 2.45) is 0 Å². The molecule has 0 amide bonds. The highest BCUT2D eigenvalue weighted by molar-refractivity contribution is 5.13. The second-order valence-electron chi connectivity index (χ2n) is 3.77. The molecule has 2 nitrogen and oxygen atoms in total. The monoisotopic (exact) mass is 204 g/mol. The smallest absolute Gasteiger partial charge is 0.0998 e. The van der Waals surface area contributed by atoms with Gasteiger partial charge in [0.05, 0.1) is 25.4 Å². The lowest BCUT2D eigenvalue weighted by molar-refractivity contribution is -0.00270. The van der Waals surface area contributed by atoms with Gasteiger partial charge in [0, 0.05) is 0 Å². The third-order valence-electron chi connectivity index (χ3n) is 2.38. The quantitative estimate of drug-likeness (QED) is 0.702. The van der Waals surface area contributed by atoms with Crippen LogP contribution in [0.5, 0.6) is 0 Å². The normalized spacial score (nSPS) is 24.6. The summed E-state index contributed by atoms with van der Waals surface area (Å²) in [5, 5.41) is 0. The lowest BCUT2D eigenvalue weighted by Gasteiger charge is -2.11. The van der Waals surface area contributed by atoms with Crippen molar-refractivity contribution < 1.29 is 9.47 Å². The zero-order valence-electron chi connectivity index (χ0n) is 8.93. The molecule has 1 aromatic carbocycles. The van der Waals surface area contributed by atoms with Crippen molar-refractivity contribution in [3.63, 3.8) is 0 Å². The van der Waals surface area contributed by atoms with Crippen molar-refractivity contribution in [2.45, 2.75) is 25.7 Å². The molecule has 0 spiro atoms. The molecule has 15 heavy (non-hydrogen) atoms. The van der Waals surface area contributed by atoms with Crippen LogP contribution in [0, 0.1) is 0 Å². The molecule has 0 fully saturated rings. The van der Waals surface area contributed by atoms with E-state index in [1.54, 1.807) is 0 Å². The SMILES string of the molecule is C[C@H]1C=C[C@H](COCc2ccccc2)O1. The summed E-state index contributed by atoms with van der Waals surface area (Å²) in [6.07, 6.45) is 4.49. The van der Waals surface area contributed by atoms with E-state index in [-0.39, 0.29) is 12.2 Å². The summed E-state index contributed by atoms with van der Waals surface area (Å²) in [4.78, 5) is 0. The molecule has 1 aromatic rings. The topological polar surface area (TPSA) is 18.5 Å². The Hall–Kier alpha value is -1.12. The first kappa shape index (κ1) is 10.4. The van der Waals surface area contributed by atoms with E-state index in [4.69, 9.17) is 9.47 Å². The fraction of sp³-hybridized carbons (Fsp3) is 0.385. The lowest BCUT2D eigenvalue weighted by Crippen LogP contribution is -2.16. The lowest BCUT2D eigenvalue weighted by atomic mass is 10.2. The van der Waals surface area contributed by atoms with Crippen LogP contribution in [0.25, 0.3) is 0 Å². The largest absolute Gasteiger partial charge is 0.374 e. The summed E-state index contributed by atoms with van der Waals surface area (Å²) in [7, 11) is 0. The predicted octanol–water partition coefficient (Wildman–Crippen LogP) is 2.55. The number of hydrogen-bond acceptors (Lipinski definition) is 2.